The summed E-state index contributed by atoms with van der Waals surface area (Å²) in [5.41, 5.74) is 4.20. The van der Waals surface area contributed by atoms with E-state index in [1.165, 1.54) is 22.3 Å². The number of aliphatic hydroxyl groups is 1. The number of carbonyl (C=O) groups excluding carboxylic acids is 1. The van der Waals surface area contributed by atoms with Crippen molar-refractivity contribution < 1.29 is 19.4 Å². The maximum Gasteiger partial charge on any atom is 0.231 e. The molecule has 166 valence electrons. The normalized spacial score (nSPS) is 37.2. The largest absolute Gasteiger partial charge is 0.454 e. The van der Waals surface area contributed by atoms with Gasteiger partial charge in [0.2, 0.25) is 6.79 Å². The van der Waals surface area contributed by atoms with Crippen molar-refractivity contribution in [3.63, 3.8) is 0 Å². The Labute approximate surface area is 189 Å². The van der Waals surface area contributed by atoms with Crippen molar-refractivity contribution in [2.75, 3.05) is 6.79 Å². The molecule has 32 heavy (non-hydrogen) atoms. The first-order valence-electron chi connectivity index (χ1n) is 12.0. The summed E-state index contributed by atoms with van der Waals surface area (Å²) in [5.74, 6) is 9.14. The number of rotatable bonds is 1. The number of hydrogen-bond acceptors (Lipinski definition) is 4. The molecule has 0 spiro atoms. The topological polar surface area (TPSA) is 55.8 Å². The van der Waals surface area contributed by atoms with Crippen LogP contribution in [0.5, 0.6) is 11.5 Å². The summed E-state index contributed by atoms with van der Waals surface area (Å²) in [4.78, 5) is 12.2. The van der Waals surface area contributed by atoms with Crippen molar-refractivity contribution in [1.29, 1.82) is 0 Å². The zero-order valence-electron chi connectivity index (χ0n) is 18.9. The van der Waals surface area contributed by atoms with Gasteiger partial charge >= 0.3 is 0 Å². The van der Waals surface area contributed by atoms with E-state index >= 15 is 0 Å². The minimum absolute atomic E-state index is 0.186. The molecule has 1 aromatic carbocycles. The first-order chi connectivity index (χ1) is 15.4. The molecule has 4 nitrogen and oxygen atoms in total. The van der Waals surface area contributed by atoms with E-state index in [4.69, 9.17) is 9.47 Å². The van der Waals surface area contributed by atoms with Crippen LogP contribution in [0.4, 0.5) is 0 Å². The van der Waals surface area contributed by atoms with Crippen molar-refractivity contribution in [3.05, 3.63) is 46.6 Å². The highest BCUT2D eigenvalue weighted by Gasteiger charge is 2.62. The van der Waals surface area contributed by atoms with Gasteiger partial charge in [0, 0.05) is 17.8 Å². The second-order valence-corrected chi connectivity index (χ2v) is 10.4. The molecular formula is C28H30O4. The summed E-state index contributed by atoms with van der Waals surface area (Å²) >= 11 is 0. The summed E-state index contributed by atoms with van der Waals surface area (Å²) in [5, 5.41) is 11.7. The fourth-order valence-corrected chi connectivity index (χ4v) is 7.51. The Morgan fingerprint density at radius 1 is 1.12 bits per heavy atom. The second kappa shape index (κ2) is 6.99. The maximum absolute atomic E-state index is 12.2. The molecule has 4 heteroatoms. The van der Waals surface area contributed by atoms with Crippen molar-refractivity contribution in [1.82, 2.24) is 0 Å². The summed E-state index contributed by atoms with van der Waals surface area (Å²) in [6.45, 7) is 4.36. The van der Waals surface area contributed by atoms with Crippen LogP contribution < -0.4 is 9.47 Å². The van der Waals surface area contributed by atoms with Crippen LogP contribution in [0.1, 0.15) is 70.3 Å². The number of ether oxygens (including phenoxy) is 2. The molecule has 0 amide bonds. The minimum atomic E-state index is -0.949. The third-order valence-corrected chi connectivity index (χ3v) is 9.02. The molecule has 5 atom stereocenters. The molecule has 0 bridgehead atoms. The SMILES string of the molecule is CC#C[C@]1(O)CCC2[C@@H]3CCC4=CC(=O)CCC4=C3[C@@H](c3ccc4c(c3)OCO4)C[C@@]21C. The van der Waals surface area contributed by atoms with Gasteiger partial charge in [-0.3, -0.25) is 4.79 Å². The van der Waals surface area contributed by atoms with Crippen LogP contribution in [-0.2, 0) is 4.79 Å². The van der Waals surface area contributed by atoms with Gasteiger partial charge in [0.1, 0.15) is 5.60 Å². The van der Waals surface area contributed by atoms with Crippen molar-refractivity contribution >= 4 is 5.78 Å². The van der Waals surface area contributed by atoms with Gasteiger partial charge in [-0.15, -0.1) is 5.92 Å². The molecule has 1 heterocycles. The lowest BCUT2D eigenvalue weighted by Gasteiger charge is -2.53. The highest BCUT2D eigenvalue weighted by molar-refractivity contribution is 5.93. The van der Waals surface area contributed by atoms with Crippen molar-refractivity contribution in [2.45, 2.75) is 70.3 Å². The fraction of sp³-hybridized carbons (Fsp3) is 0.536. The summed E-state index contributed by atoms with van der Waals surface area (Å²) in [6.07, 6.45) is 7.98. The van der Waals surface area contributed by atoms with E-state index in [1.54, 1.807) is 0 Å². The highest BCUT2D eigenvalue weighted by Crippen LogP contribution is 2.66. The van der Waals surface area contributed by atoms with Gasteiger partial charge in [-0.2, -0.15) is 0 Å². The Bertz CT molecular complexity index is 1130. The zero-order chi connectivity index (χ0) is 22.1. The lowest BCUT2D eigenvalue weighted by molar-refractivity contribution is -0.114. The van der Waals surface area contributed by atoms with E-state index in [-0.39, 0.29) is 23.9 Å². The zero-order valence-corrected chi connectivity index (χ0v) is 18.9. The number of benzene rings is 1. The van der Waals surface area contributed by atoms with Crippen LogP contribution in [0.15, 0.2) is 41.0 Å². The van der Waals surface area contributed by atoms with Gasteiger partial charge < -0.3 is 14.6 Å². The number of carbonyl (C=O) groups is 1. The van der Waals surface area contributed by atoms with Crippen LogP contribution >= 0.6 is 0 Å². The molecule has 0 saturated heterocycles. The van der Waals surface area contributed by atoms with Gasteiger partial charge in [-0.25, -0.2) is 0 Å². The number of ketones is 1. The first-order valence-corrected chi connectivity index (χ1v) is 12.0. The molecule has 1 aromatic rings. The monoisotopic (exact) mass is 430 g/mol. The third-order valence-electron chi connectivity index (χ3n) is 9.02. The second-order valence-electron chi connectivity index (χ2n) is 10.4. The van der Waals surface area contributed by atoms with Gasteiger partial charge in [0.05, 0.1) is 0 Å². The summed E-state index contributed by atoms with van der Waals surface area (Å²) in [6, 6.07) is 6.31. The lowest BCUT2D eigenvalue weighted by atomic mass is 9.51. The molecule has 6 rings (SSSR count). The Morgan fingerprint density at radius 2 is 1.97 bits per heavy atom. The molecule has 1 unspecified atom stereocenters. The summed E-state index contributed by atoms with van der Waals surface area (Å²) in [7, 11) is 0. The van der Waals surface area contributed by atoms with E-state index in [2.05, 4.69) is 30.9 Å². The Kier molecular flexibility index (Phi) is 4.40. The molecule has 2 saturated carbocycles. The quantitative estimate of drug-likeness (QED) is 0.632. The molecule has 4 aliphatic carbocycles. The van der Waals surface area contributed by atoms with Crippen LogP contribution in [0.3, 0.4) is 0 Å². The molecule has 1 N–H and O–H groups in total. The van der Waals surface area contributed by atoms with Crippen LogP contribution in [0, 0.1) is 29.1 Å². The molecule has 0 radical (unpaired) electrons. The predicted molar refractivity (Wildman–Crippen MR) is 121 cm³/mol. The smallest absolute Gasteiger partial charge is 0.231 e. The molecule has 0 aromatic heterocycles. The van der Waals surface area contributed by atoms with Gasteiger partial charge in [0.15, 0.2) is 17.3 Å². The highest BCUT2D eigenvalue weighted by atomic mass is 16.7. The van der Waals surface area contributed by atoms with E-state index in [9.17, 15) is 9.90 Å². The average molecular weight is 431 g/mol. The van der Waals surface area contributed by atoms with Crippen molar-refractivity contribution in [3.8, 4) is 23.3 Å². The Hall–Kier alpha value is -2.51. The molecule has 5 aliphatic rings. The average Bonchev–Trinajstić information content (AvgIpc) is 3.35. The first kappa shape index (κ1) is 20.1. The number of allylic oxidation sites excluding steroid dienone is 4. The Morgan fingerprint density at radius 3 is 2.81 bits per heavy atom. The van der Waals surface area contributed by atoms with Gasteiger partial charge in [-0.1, -0.05) is 24.5 Å². The van der Waals surface area contributed by atoms with E-state index in [1.807, 2.05) is 19.1 Å². The molecular weight excluding hydrogens is 400 g/mol. The van der Waals surface area contributed by atoms with E-state index < -0.39 is 5.60 Å². The maximum atomic E-state index is 12.2. The Balaban J connectivity index is 1.54. The third kappa shape index (κ3) is 2.70. The van der Waals surface area contributed by atoms with Gasteiger partial charge in [0.25, 0.3) is 0 Å². The van der Waals surface area contributed by atoms with Crippen LogP contribution in [-0.4, -0.2) is 23.3 Å². The van der Waals surface area contributed by atoms with E-state index in [0.29, 0.717) is 18.3 Å². The number of hydrogen-bond donors (Lipinski definition) is 1. The van der Waals surface area contributed by atoms with E-state index in [0.717, 1.165) is 50.0 Å². The molecule has 2 fully saturated rings. The summed E-state index contributed by atoms with van der Waals surface area (Å²) < 4.78 is 11.3. The van der Waals surface area contributed by atoms with Crippen LogP contribution in [0.2, 0.25) is 0 Å². The minimum Gasteiger partial charge on any atom is -0.454 e. The predicted octanol–water partition coefficient (Wildman–Crippen LogP) is 5.07. The molecule has 1 aliphatic heterocycles. The fourth-order valence-electron chi connectivity index (χ4n) is 7.51. The standard InChI is InChI=1S/C28H30O4/c1-3-11-28(30)12-10-23-21-7-4-17-13-19(29)6-8-20(17)26(21)22(15-27(23,28)2)18-5-9-24-25(14-18)32-16-31-24/h5,9,13-14,21-23,30H,4,6-8,10,12,15-16H2,1-2H3/t21-,22+,23?,27-,28-/m0/s1. The number of fused-ring (bicyclic) bond motifs is 5. The van der Waals surface area contributed by atoms with Crippen molar-refractivity contribution in [2.24, 2.45) is 17.3 Å². The van der Waals surface area contributed by atoms with Crippen LogP contribution in [0.25, 0.3) is 0 Å². The lowest BCUT2D eigenvalue weighted by Crippen LogP contribution is -2.51. The van der Waals surface area contributed by atoms with Gasteiger partial charge in [-0.05, 0) is 92.2 Å².